The molecule has 0 bridgehead atoms. The van der Waals surface area contributed by atoms with Gasteiger partial charge in [0.05, 0.1) is 30.2 Å². The lowest BCUT2D eigenvalue weighted by Crippen LogP contribution is -2.41. The Morgan fingerprint density at radius 3 is 2.56 bits per heavy atom. The Hall–Kier alpha value is -4.49. The molecular formula is C31H33N5O4S. The second-order valence-corrected chi connectivity index (χ2v) is 10.6. The van der Waals surface area contributed by atoms with Crippen LogP contribution in [-0.2, 0) is 17.9 Å². The van der Waals surface area contributed by atoms with Crippen molar-refractivity contribution in [2.24, 2.45) is 0 Å². The highest BCUT2D eigenvalue weighted by Crippen LogP contribution is 2.26. The number of carboxylic acid groups (broad SMARTS) is 1. The summed E-state index contributed by atoms with van der Waals surface area (Å²) < 4.78 is 7.90. The van der Waals surface area contributed by atoms with Crippen LogP contribution in [0.1, 0.15) is 47.1 Å². The van der Waals surface area contributed by atoms with E-state index in [-0.39, 0.29) is 5.76 Å². The van der Waals surface area contributed by atoms with Crippen LogP contribution in [0.5, 0.6) is 0 Å². The van der Waals surface area contributed by atoms with Crippen LogP contribution in [-0.4, -0.2) is 51.1 Å². The maximum absolute atomic E-state index is 12.6. The summed E-state index contributed by atoms with van der Waals surface area (Å²) in [5.41, 5.74) is 4.67. The first-order valence-electron chi connectivity index (χ1n) is 13.4. The van der Waals surface area contributed by atoms with E-state index in [0.29, 0.717) is 36.6 Å². The fraction of sp³-hybridized carbons (Fsp3) is 0.290. The molecule has 0 unspecified atom stereocenters. The number of nitriles is 1. The van der Waals surface area contributed by atoms with Crippen molar-refractivity contribution >= 4 is 29.3 Å². The van der Waals surface area contributed by atoms with Gasteiger partial charge in [-0.1, -0.05) is 19.1 Å². The largest absolute Gasteiger partial charge is 0.480 e. The van der Waals surface area contributed by atoms with Crippen molar-refractivity contribution in [1.29, 1.82) is 5.26 Å². The molecule has 0 fully saturated rings. The van der Waals surface area contributed by atoms with E-state index < -0.39 is 17.9 Å². The lowest BCUT2D eigenvalue weighted by molar-refractivity contribution is -0.139. The average Bonchev–Trinajstić information content (AvgIpc) is 3.65. The molecular weight excluding hydrogens is 538 g/mol. The third kappa shape index (κ3) is 7.80. The molecule has 0 aliphatic carbocycles. The van der Waals surface area contributed by atoms with Gasteiger partial charge < -0.3 is 24.3 Å². The van der Waals surface area contributed by atoms with E-state index in [1.54, 1.807) is 12.1 Å². The first kappa shape index (κ1) is 29.5. The molecule has 0 saturated heterocycles. The molecule has 1 atom stereocenters. The van der Waals surface area contributed by atoms with Gasteiger partial charge in [0.25, 0.3) is 5.91 Å². The molecule has 0 aliphatic heterocycles. The molecule has 4 aromatic rings. The average molecular weight is 572 g/mol. The minimum atomic E-state index is -1.07. The van der Waals surface area contributed by atoms with Crippen molar-refractivity contribution in [3.8, 4) is 17.4 Å². The number of benzene rings is 2. The number of furan rings is 1. The molecule has 41 heavy (non-hydrogen) atoms. The van der Waals surface area contributed by atoms with Gasteiger partial charge in [0.15, 0.2) is 5.76 Å². The third-order valence-corrected chi connectivity index (χ3v) is 7.29. The van der Waals surface area contributed by atoms with Crippen LogP contribution < -0.4 is 10.2 Å². The number of nitrogens with one attached hydrogen (secondary N) is 1. The van der Waals surface area contributed by atoms with E-state index in [0.717, 1.165) is 35.5 Å². The number of carboxylic acids is 1. The van der Waals surface area contributed by atoms with E-state index in [4.69, 9.17) is 9.68 Å². The second-order valence-electron chi connectivity index (χ2n) is 9.60. The quantitative estimate of drug-likeness (QED) is 0.206. The Kier molecular flexibility index (Phi) is 10.2. The van der Waals surface area contributed by atoms with Crippen LogP contribution in [0, 0.1) is 11.3 Å². The maximum atomic E-state index is 12.6. The SMILES string of the molecule is CCCN(Cc1cncn1Cc1ccc(C#N)cc1)c1ccc(-c2ccc(C(=O)N[C@@H](CCSC)C(=O)O)o2)cc1. The number of hydrogen-bond acceptors (Lipinski definition) is 7. The molecule has 0 aliphatic rings. The summed E-state index contributed by atoms with van der Waals surface area (Å²) in [4.78, 5) is 30.8. The van der Waals surface area contributed by atoms with Gasteiger partial charge >= 0.3 is 5.97 Å². The Labute approximate surface area is 243 Å². The van der Waals surface area contributed by atoms with Crippen molar-refractivity contribution in [2.45, 2.75) is 38.9 Å². The summed E-state index contributed by atoms with van der Waals surface area (Å²) in [7, 11) is 0. The zero-order valence-electron chi connectivity index (χ0n) is 23.1. The predicted molar refractivity (Wildman–Crippen MR) is 160 cm³/mol. The van der Waals surface area contributed by atoms with Crippen LogP contribution in [0.4, 0.5) is 5.69 Å². The van der Waals surface area contributed by atoms with Gasteiger partial charge in [0, 0.05) is 30.5 Å². The lowest BCUT2D eigenvalue weighted by Gasteiger charge is -2.25. The number of thioether (sulfide) groups is 1. The Morgan fingerprint density at radius 2 is 1.90 bits per heavy atom. The standard InChI is InChI=1S/C31H33N5O4S/c1-3-15-35(20-26-18-33-21-36(26)19-23-6-4-22(17-32)5-7-23)25-10-8-24(9-11-25)28-12-13-29(40-28)30(37)34-27(31(38)39)14-16-41-2/h4-13,18,21,27H,3,14-16,19-20H2,1-2H3,(H,34,37)(H,38,39)/t27-/m0/s1. The fourth-order valence-corrected chi connectivity index (χ4v) is 4.91. The molecule has 2 aromatic heterocycles. The van der Waals surface area contributed by atoms with Crippen molar-refractivity contribution in [3.05, 3.63) is 95.8 Å². The summed E-state index contributed by atoms with van der Waals surface area (Å²) in [6, 6.07) is 20.0. The van der Waals surface area contributed by atoms with Crippen LogP contribution in [0.2, 0.25) is 0 Å². The van der Waals surface area contributed by atoms with Crippen LogP contribution in [0.3, 0.4) is 0 Å². The lowest BCUT2D eigenvalue weighted by atomic mass is 10.1. The monoisotopic (exact) mass is 571 g/mol. The van der Waals surface area contributed by atoms with Crippen LogP contribution in [0.15, 0.2) is 77.6 Å². The van der Waals surface area contributed by atoms with Crippen molar-refractivity contribution < 1.29 is 19.1 Å². The van der Waals surface area contributed by atoms with Gasteiger partial charge in [-0.2, -0.15) is 17.0 Å². The van der Waals surface area contributed by atoms with Crippen molar-refractivity contribution in [2.75, 3.05) is 23.5 Å². The van der Waals surface area contributed by atoms with E-state index >= 15 is 0 Å². The number of amides is 1. The smallest absolute Gasteiger partial charge is 0.326 e. The molecule has 2 aromatic carbocycles. The van der Waals surface area contributed by atoms with Crippen molar-refractivity contribution in [1.82, 2.24) is 14.9 Å². The van der Waals surface area contributed by atoms with E-state index in [2.05, 4.69) is 32.8 Å². The van der Waals surface area contributed by atoms with Gasteiger partial charge in [-0.15, -0.1) is 0 Å². The number of aromatic nitrogens is 2. The van der Waals surface area contributed by atoms with E-state index in [1.165, 1.54) is 11.8 Å². The number of carbonyl (C=O) groups excluding carboxylic acids is 1. The third-order valence-electron chi connectivity index (χ3n) is 6.64. The number of nitrogens with zero attached hydrogens (tertiary/aromatic N) is 4. The highest BCUT2D eigenvalue weighted by Gasteiger charge is 2.22. The number of hydrogen-bond donors (Lipinski definition) is 2. The van der Waals surface area contributed by atoms with Crippen LogP contribution in [0.25, 0.3) is 11.3 Å². The molecule has 2 N–H and O–H groups in total. The number of carbonyl (C=O) groups is 2. The summed E-state index contributed by atoms with van der Waals surface area (Å²) in [5, 5.41) is 21.0. The zero-order valence-corrected chi connectivity index (χ0v) is 23.9. The predicted octanol–water partition coefficient (Wildman–Crippen LogP) is 5.42. The molecule has 10 heteroatoms. The van der Waals surface area contributed by atoms with Gasteiger partial charge in [-0.3, -0.25) is 4.79 Å². The minimum Gasteiger partial charge on any atom is -0.480 e. The minimum absolute atomic E-state index is 0.0719. The summed E-state index contributed by atoms with van der Waals surface area (Å²) in [6.45, 7) is 4.34. The van der Waals surface area contributed by atoms with Crippen molar-refractivity contribution in [3.63, 3.8) is 0 Å². The molecule has 0 saturated carbocycles. The van der Waals surface area contributed by atoms with Gasteiger partial charge in [0.1, 0.15) is 11.8 Å². The molecule has 0 radical (unpaired) electrons. The summed E-state index contributed by atoms with van der Waals surface area (Å²) >= 11 is 1.53. The Morgan fingerprint density at radius 1 is 1.15 bits per heavy atom. The molecule has 9 nitrogen and oxygen atoms in total. The second kappa shape index (κ2) is 14.2. The fourth-order valence-electron chi connectivity index (χ4n) is 4.44. The number of rotatable bonds is 14. The molecule has 212 valence electrons. The topological polar surface area (TPSA) is 124 Å². The Balaban J connectivity index is 1.44. The highest BCUT2D eigenvalue weighted by molar-refractivity contribution is 7.98. The summed E-state index contributed by atoms with van der Waals surface area (Å²) in [5.74, 6) is -0.388. The molecule has 2 heterocycles. The van der Waals surface area contributed by atoms with Gasteiger partial charge in [-0.25, -0.2) is 9.78 Å². The van der Waals surface area contributed by atoms with E-state index in [9.17, 15) is 14.7 Å². The maximum Gasteiger partial charge on any atom is 0.326 e. The first-order valence-corrected chi connectivity index (χ1v) is 14.8. The number of imidazole rings is 1. The normalized spacial score (nSPS) is 11.5. The van der Waals surface area contributed by atoms with Crippen LogP contribution >= 0.6 is 11.8 Å². The highest BCUT2D eigenvalue weighted by atomic mass is 32.2. The summed E-state index contributed by atoms with van der Waals surface area (Å²) in [6.07, 6.45) is 6.90. The number of anilines is 1. The van der Waals surface area contributed by atoms with Gasteiger partial charge in [0.2, 0.25) is 0 Å². The van der Waals surface area contributed by atoms with Gasteiger partial charge in [-0.05, 0) is 78.9 Å². The Bertz CT molecular complexity index is 1490. The first-order chi connectivity index (χ1) is 19.9. The molecule has 4 rings (SSSR count). The zero-order chi connectivity index (χ0) is 29.2. The molecule has 1 amide bonds. The van der Waals surface area contributed by atoms with E-state index in [1.807, 2.05) is 67.3 Å². The molecule has 0 spiro atoms. The number of aliphatic carboxylic acids is 1.